The monoisotopic (exact) mass is 397 g/mol. The molecule has 0 unspecified atom stereocenters. The Balaban J connectivity index is 1.67. The molecule has 0 aliphatic carbocycles. The van der Waals surface area contributed by atoms with Gasteiger partial charge in [-0.3, -0.25) is 4.79 Å². The number of hydrogen-bond acceptors (Lipinski definition) is 6. The van der Waals surface area contributed by atoms with E-state index in [9.17, 15) is 14.7 Å². The number of ether oxygens (including phenoxy) is 2. The molecule has 0 atom stereocenters. The van der Waals surface area contributed by atoms with Gasteiger partial charge in [0.05, 0.1) is 14.2 Å². The molecule has 2 aromatic carbocycles. The van der Waals surface area contributed by atoms with Crippen LogP contribution < -0.4 is 20.4 Å². The van der Waals surface area contributed by atoms with Crippen LogP contribution in [0.25, 0.3) is 11.0 Å². The van der Waals surface area contributed by atoms with E-state index in [0.29, 0.717) is 29.2 Å². The number of rotatable bonds is 7. The summed E-state index contributed by atoms with van der Waals surface area (Å²) >= 11 is 0. The molecule has 7 nitrogen and oxygen atoms in total. The first kappa shape index (κ1) is 20.3. The number of aryl methyl sites for hydroxylation is 1. The molecule has 0 spiro atoms. The van der Waals surface area contributed by atoms with Crippen molar-refractivity contribution in [2.45, 2.75) is 26.3 Å². The predicted octanol–water partition coefficient (Wildman–Crippen LogP) is 3.07. The van der Waals surface area contributed by atoms with Crippen molar-refractivity contribution in [2.24, 2.45) is 0 Å². The molecule has 3 aromatic rings. The maximum atomic E-state index is 12.4. The van der Waals surface area contributed by atoms with Gasteiger partial charge in [-0.2, -0.15) is 0 Å². The molecule has 1 aromatic heterocycles. The van der Waals surface area contributed by atoms with E-state index in [4.69, 9.17) is 13.9 Å². The molecular formula is C22H23NO6. The highest BCUT2D eigenvalue weighted by Gasteiger charge is 2.14. The van der Waals surface area contributed by atoms with Crippen LogP contribution in [0.5, 0.6) is 17.2 Å². The minimum atomic E-state index is -0.445. The topological polar surface area (TPSA) is 98.0 Å². The molecule has 1 amide bonds. The Labute approximate surface area is 167 Å². The summed E-state index contributed by atoms with van der Waals surface area (Å²) in [7, 11) is 3.01. The molecule has 0 bridgehead atoms. The molecule has 0 saturated heterocycles. The van der Waals surface area contributed by atoms with Crippen molar-refractivity contribution in [1.82, 2.24) is 5.32 Å². The zero-order chi connectivity index (χ0) is 21.0. The second-order valence-electron chi connectivity index (χ2n) is 6.64. The molecule has 0 radical (unpaired) electrons. The van der Waals surface area contributed by atoms with Gasteiger partial charge in [-0.15, -0.1) is 0 Å². The van der Waals surface area contributed by atoms with Crippen LogP contribution in [0.4, 0.5) is 0 Å². The van der Waals surface area contributed by atoms with Crippen molar-refractivity contribution in [3.63, 3.8) is 0 Å². The zero-order valence-corrected chi connectivity index (χ0v) is 16.6. The normalized spacial score (nSPS) is 10.7. The number of carbonyl (C=O) groups excluding carboxylic acids is 1. The summed E-state index contributed by atoms with van der Waals surface area (Å²) in [5.74, 6) is 0.806. The maximum absolute atomic E-state index is 12.4. The van der Waals surface area contributed by atoms with Crippen LogP contribution in [0.1, 0.15) is 23.1 Å². The molecule has 0 saturated carbocycles. The molecule has 152 valence electrons. The van der Waals surface area contributed by atoms with E-state index in [1.165, 1.54) is 13.2 Å². The highest BCUT2D eigenvalue weighted by Crippen LogP contribution is 2.26. The Hall–Kier alpha value is -3.48. The first-order valence-corrected chi connectivity index (χ1v) is 9.16. The Morgan fingerprint density at radius 3 is 2.66 bits per heavy atom. The summed E-state index contributed by atoms with van der Waals surface area (Å²) in [4.78, 5) is 24.6. The van der Waals surface area contributed by atoms with Gasteiger partial charge < -0.3 is 24.3 Å². The second kappa shape index (κ2) is 8.68. The number of fused-ring (bicyclic) bond motifs is 1. The molecule has 0 fully saturated rings. The lowest BCUT2D eigenvalue weighted by atomic mass is 10.0. The first-order valence-electron chi connectivity index (χ1n) is 9.16. The summed E-state index contributed by atoms with van der Waals surface area (Å²) in [5.41, 5.74) is 2.10. The van der Waals surface area contributed by atoms with Gasteiger partial charge >= 0.3 is 5.63 Å². The summed E-state index contributed by atoms with van der Waals surface area (Å²) in [5, 5.41) is 13.2. The fourth-order valence-corrected chi connectivity index (χ4v) is 3.15. The molecule has 3 rings (SSSR count). The van der Waals surface area contributed by atoms with Gasteiger partial charge in [0.15, 0.2) is 11.5 Å². The number of methoxy groups -OCH3 is 2. The standard InChI is InChI=1S/C22H23NO6/c1-13-16-6-5-15(27-2)11-19(16)29-22(26)17(13)7-9-21(25)23-12-14-4-8-18(24)20(10-14)28-3/h4-6,8,10-11,24H,7,9,12H2,1-3H3,(H,23,25). The molecule has 2 N–H and O–H groups in total. The molecule has 0 aliphatic rings. The largest absolute Gasteiger partial charge is 0.504 e. The number of phenolic OH excluding ortho intramolecular Hbond substituents is 1. The van der Waals surface area contributed by atoms with E-state index in [1.807, 2.05) is 13.0 Å². The van der Waals surface area contributed by atoms with Crippen LogP contribution >= 0.6 is 0 Å². The summed E-state index contributed by atoms with van der Waals surface area (Å²) in [6.07, 6.45) is 0.434. The van der Waals surface area contributed by atoms with Crippen LogP contribution in [-0.2, 0) is 17.8 Å². The van der Waals surface area contributed by atoms with Gasteiger partial charge in [0.25, 0.3) is 0 Å². The Morgan fingerprint density at radius 1 is 1.14 bits per heavy atom. The van der Waals surface area contributed by atoms with E-state index in [-0.39, 0.29) is 24.5 Å². The van der Waals surface area contributed by atoms with Crippen molar-refractivity contribution in [2.75, 3.05) is 14.2 Å². The van der Waals surface area contributed by atoms with Crippen LogP contribution in [-0.4, -0.2) is 25.2 Å². The SMILES string of the molecule is COc1ccc2c(C)c(CCC(=O)NCc3ccc(O)c(OC)c3)c(=O)oc2c1. The lowest BCUT2D eigenvalue weighted by molar-refractivity contribution is -0.121. The number of amides is 1. The lowest BCUT2D eigenvalue weighted by Gasteiger charge is -2.10. The smallest absolute Gasteiger partial charge is 0.339 e. The third-order valence-corrected chi connectivity index (χ3v) is 4.83. The number of aromatic hydroxyl groups is 1. The number of hydrogen-bond donors (Lipinski definition) is 2. The average molecular weight is 397 g/mol. The van der Waals surface area contributed by atoms with E-state index in [2.05, 4.69) is 5.32 Å². The minimum absolute atomic E-state index is 0.0405. The van der Waals surface area contributed by atoms with E-state index in [1.54, 1.807) is 31.4 Å². The number of phenols is 1. The lowest BCUT2D eigenvalue weighted by Crippen LogP contribution is -2.24. The van der Waals surface area contributed by atoms with Crippen molar-refractivity contribution in [1.29, 1.82) is 0 Å². The van der Waals surface area contributed by atoms with Gasteiger partial charge in [-0.05, 0) is 48.7 Å². The number of nitrogens with one attached hydrogen (secondary N) is 1. The summed E-state index contributed by atoms with van der Waals surface area (Å²) in [6, 6.07) is 10.2. The Morgan fingerprint density at radius 2 is 1.93 bits per heavy atom. The third-order valence-electron chi connectivity index (χ3n) is 4.83. The molecule has 29 heavy (non-hydrogen) atoms. The fourth-order valence-electron chi connectivity index (χ4n) is 3.15. The zero-order valence-electron chi connectivity index (χ0n) is 16.6. The van der Waals surface area contributed by atoms with E-state index < -0.39 is 5.63 Å². The van der Waals surface area contributed by atoms with E-state index >= 15 is 0 Å². The molecule has 7 heteroatoms. The van der Waals surface area contributed by atoms with E-state index in [0.717, 1.165) is 16.5 Å². The van der Waals surface area contributed by atoms with Crippen LogP contribution in [0.15, 0.2) is 45.6 Å². The number of benzene rings is 2. The van der Waals surface area contributed by atoms with Crippen molar-refractivity contribution in [3.8, 4) is 17.2 Å². The van der Waals surface area contributed by atoms with Gasteiger partial charge in [0, 0.05) is 30.0 Å². The summed E-state index contributed by atoms with van der Waals surface area (Å²) in [6.45, 7) is 2.14. The summed E-state index contributed by atoms with van der Waals surface area (Å²) < 4.78 is 15.6. The Bertz CT molecular complexity index is 1100. The van der Waals surface area contributed by atoms with Crippen molar-refractivity contribution < 1.29 is 23.8 Å². The third kappa shape index (κ3) is 4.51. The van der Waals surface area contributed by atoms with Crippen LogP contribution in [0, 0.1) is 6.92 Å². The number of carbonyl (C=O) groups is 1. The minimum Gasteiger partial charge on any atom is -0.504 e. The quantitative estimate of drug-likeness (QED) is 0.595. The highest BCUT2D eigenvalue weighted by atomic mass is 16.5. The maximum Gasteiger partial charge on any atom is 0.339 e. The predicted molar refractivity (Wildman–Crippen MR) is 109 cm³/mol. The van der Waals surface area contributed by atoms with Crippen molar-refractivity contribution >= 4 is 16.9 Å². The Kier molecular flexibility index (Phi) is 6.07. The van der Waals surface area contributed by atoms with Crippen LogP contribution in [0.3, 0.4) is 0 Å². The highest BCUT2D eigenvalue weighted by molar-refractivity contribution is 5.82. The molecular weight excluding hydrogens is 374 g/mol. The van der Waals surface area contributed by atoms with Gasteiger partial charge in [-0.1, -0.05) is 6.07 Å². The second-order valence-corrected chi connectivity index (χ2v) is 6.64. The van der Waals surface area contributed by atoms with Crippen LogP contribution in [0.2, 0.25) is 0 Å². The average Bonchev–Trinajstić information content (AvgIpc) is 2.72. The van der Waals surface area contributed by atoms with Gasteiger partial charge in [0.2, 0.25) is 5.91 Å². The fraction of sp³-hybridized carbons (Fsp3) is 0.273. The molecule has 1 heterocycles. The van der Waals surface area contributed by atoms with Gasteiger partial charge in [-0.25, -0.2) is 4.79 Å². The van der Waals surface area contributed by atoms with Gasteiger partial charge in [0.1, 0.15) is 11.3 Å². The van der Waals surface area contributed by atoms with Crippen molar-refractivity contribution in [3.05, 3.63) is 63.5 Å². The molecule has 0 aliphatic heterocycles. The first-order chi connectivity index (χ1) is 13.9.